The summed E-state index contributed by atoms with van der Waals surface area (Å²) < 4.78 is 5.05. The first-order valence-corrected chi connectivity index (χ1v) is 8.02. The van der Waals surface area contributed by atoms with Crippen LogP contribution in [0.5, 0.6) is 0 Å². The van der Waals surface area contributed by atoms with Gasteiger partial charge in [0, 0.05) is 25.7 Å². The van der Waals surface area contributed by atoms with Crippen LogP contribution in [0.2, 0.25) is 0 Å². The zero-order chi connectivity index (χ0) is 15.5. The standard InChI is InChI=1S/C16H23N3O3/c1-12(17-15(20)14-6-4-10-22-14)16(21)19-9-8-18-7-3-2-5-13(18)11-19/h4,6,10,12-13H,2-3,5,7-9,11H2,1H3,(H,17,20). The third-order valence-corrected chi connectivity index (χ3v) is 4.61. The predicted octanol–water partition coefficient (Wildman–Crippen LogP) is 1.09. The van der Waals surface area contributed by atoms with Crippen LogP contribution in [0.1, 0.15) is 36.7 Å². The molecule has 2 amide bonds. The summed E-state index contributed by atoms with van der Waals surface area (Å²) in [5.74, 6) is -0.121. The molecule has 2 aliphatic heterocycles. The first-order valence-electron chi connectivity index (χ1n) is 8.02. The molecule has 2 fully saturated rings. The number of piperidine rings is 1. The predicted molar refractivity (Wildman–Crippen MR) is 81.4 cm³/mol. The number of hydrogen-bond acceptors (Lipinski definition) is 4. The number of piperazine rings is 1. The van der Waals surface area contributed by atoms with Gasteiger partial charge in [0.05, 0.1) is 6.26 Å². The van der Waals surface area contributed by atoms with Crippen molar-refractivity contribution in [2.45, 2.75) is 38.3 Å². The zero-order valence-electron chi connectivity index (χ0n) is 13.0. The molecule has 0 bridgehead atoms. The second-order valence-electron chi connectivity index (χ2n) is 6.14. The van der Waals surface area contributed by atoms with Gasteiger partial charge in [0.2, 0.25) is 5.91 Å². The summed E-state index contributed by atoms with van der Waals surface area (Å²) in [5.41, 5.74) is 0. The van der Waals surface area contributed by atoms with E-state index in [0.717, 1.165) is 32.6 Å². The van der Waals surface area contributed by atoms with Crippen LogP contribution in [-0.4, -0.2) is 59.9 Å². The number of hydrogen-bond donors (Lipinski definition) is 1. The lowest BCUT2D eigenvalue weighted by Gasteiger charge is -2.44. The third kappa shape index (κ3) is 3.16. The molecule has 2 atom stereocenters. The fourth-order valence-corrected chi connectivity index (χ4v) is 3.37. The van der Waals surface area contributed by atoms with Crippen LogP contribution in [0.3, 0.4) is 0 Å². The van der Waals surface area contributed by atoms with Crippen molar-refractivity contribution in [3.8, 4) is 0 Å². The van der Waals surface area contributed by atoms with Crippen molar-refractivity contribution in [3.05, 3.63) is 24.2 Å². The summed E-state index contributed by atoms with van der Waals surface area (Å²) in [6, 6.07) is 3.20. The van der Waals surface area contributed by atoms with Crippen LogP contribution in [-0.2, 0) is 4.79 Å². The molecule has 0 saturated carbocycles. The van der Waals surface area contributed by atoms with Crippen LogP contribution < -0.4 is 5.32 Å². The molecule has 22 heavy (non-hydrogen) atoms. The van der Waals surface area contributed by atoms with E-state index in [1.807, 2.05) is 4.90 Å². The Balaban J connectivity index is 1.55. The molecule has 1 aromatic rings. The van der Waals surface area contributed by atoms with Crippen LogP contribution >= 0.6 is 0 Å². The Labute approximate surface area is 130 Å². The highest BCUT2D eigenvalue weighted by Gasteiger charge is 2.33. The highest BCUT2D eigenvalue weighted by atomic mass is 16.3. The monoisotopic (exact) mass is 305 g/mol. The summed E-state index contributed by atoms with van der Waals surface area (Å²) in [6.07, 6.45) is 5.12. The van der Waals surface area contributed by atoms with Gasteiger partial charge in [0.25, 0.3) is 5.91 Å². The molecule has 1 aromatic heterocycles. The van der Waals surface area contributed by atoms with Gasteiger partial charge < -0.3 is 14.6 Å². The Morgan fingerprint density at radius 2 is 2.18 bits per heavy atom. The van der Waals surface area contributed by atoms with Gasteiger partial charge in [0.15, 0.2) is 5.76 Å². The summed E-state index contributed by atoms with van der Waals surface area (Å²) in [6.45, 7) is 5.35. The fraction of sp³-hybridized carbons (Fsp3) is 0.625. The average Bonchev–Trinajstić information content (AvgIpc) is 3.08. The molecular weight excluding hydrogens is 282 g/mol. The molecule has 2 aliphatic rings. The smallest absolute Gasteiger partial charge is 0.287 e. The Hall–Kier alpha value is -1.82. The van der Waals surface area contributed by atoms with Crippen molar-refractivity contribution >= 4 is 11.8 Å². The molecule has 3 rings (SSSR count). The molecule has 0 radical (unpaired) electrons. The molecule has 2 saturated heterocycles. The largest absolute Gasteiger partial charge is 0.459 e. The molecule has 6 nitrogen and oxygen atoms in total. The number of nitrogens with zero attached hydrogens (tertiary/aromatic N) is 2. The van der Waals surface area contributed by atoms with E-state index >= 15 is 0 Å². The molecule has 0 aliphatic carbocycles. The van der Waals surface area contributed by atoms with E-state index in [-0.39, 0.29) is 17.6 Å². The number of rotatable bonds is 3. The van der Waals surface area contributed by atoms with Crippen molar-refractivity contribution in [1.82, 2.24) is 15.1 Å². The van der Waals surface area contributed by atoms with Crippen molar-refractivity contribution in [3.63, 3.8) is 0 Å². The van der Waals surface area contributed by atoms with Gasteiger partial charge in [-0.15, -0.1) is 0 Å². The topological polar surface area (TPSA) is 65.8 Å². The fourth-order valence-electron chi connectivity index (χ4n) is 3.37. The van der Waals surface area contributed by atoms with Crippen LogP contribution in [0.4, 0.5) is 0 Å². The van der Waals surface area contributed by atoms with E-state index < -0.39 is 6.04 Å². The first kappa shape index (κ1) is 15.1. The summed E-state index contributed by atoms with van der Waals surface area (Å²) >= 11 is 0. The molecule has 0 aromatic carbocycles. The van der Waals surface area contributed by atoms with Crippen LogP contribution in [0, 0.1) is 0 Å². The molecule has 0 spiro atoms. The van der Waals surface area contributed by atoms with Crippen molar-refractivity contribution in [2.24, 2.45) is 0 Å². The maximum absolute atomic E-state index is 12.5. The number of furan rings is 1. The quantitative estimate of drug-likeness (QED) is 0.908. The van der Waals surface area contributed by atoms with Crippen molar-refractivity contribution in [1.29, 1.82) is 0 Å². The van der Waals surface area contributed by atoms with Gasteiger partial charge >= 0.3 is 0 Å². The average molecular weight is 305 g/mol. The number of carbonyl (C=O) groups excluding carboxylic acids is 2. The van der Waals surface area contributed by atoms with E-state index in [9.17, 15) is 9.59 Å². The van der Waals surface area contributed by atoms with E-state index in [1.165, 1.54) is 19.1 Å². The highest BCUT2D eigenvalue weighted by molar-refractivity contribution is 5.95. The lowest BCUT2D eigenvalue weighted by Crippen LogP contribution is -2.59. The van der Waals surface area contributed by atoms with Crippen molar-refractivity contribution < 1.29 is 14.0 Å². The number of nitrogens with one attached hydrogen (secondary N) is 1. The van der Waals surface area contributed by atoms with Gasteiger partial charge in [0.1, 0.15) is 6.04 Å². The van der Waals surface area contributed by atoms with E-state index in [0.29, 0.717) is 6.04 Å². The normalized spacial score (nSPS) is 23.7. The molecular formula is C16H23N3O3. The number of carbonyl (C=O) groups is 2. The Bertz CT molecular complexity index is 529. The molecule has 6 heteroatoms. The summed E-state index contributed by atoms with van der Waals surface area (Å²) in [7, 11) is 0. The SMILES string of the molecule is CC(NC(=O)c1ccco1)C(=O)N1CCN2CCCCC2C1. The molecule has 2 unspecified atom stereocenters. The Kier molecular flexibility index (Phi) is 4.47. The number of amides is 2. The van der Waals surface area contributed by atoms with E-state index in [4.69, 9.17) is 4.42 Å². The highest BCUT2D eigenvalue weighted by Crippen LogP contribution is 2.21. The van der Waals surface area contributed by atoms with Crippen LogP contribution in [0.25, 0.3) is 0 Å². The lowest BCUT2D eigenvalue weighted by atomic mass is 9.99. The lowest BCUT2D eigenvalue weighted by molar-refractivity contribution is -0.136. The molecule has 3 heterocycles. The summed E-state index contributed by atoms with van der Waals surface area (Å²) in [4.78, 5) is 28.9. The zero-order valence-corrected chi connectivity index (χ0v) is 13.0. The van der Waals surface area contributed by atoms with Gasteiger partial charge in [-0.2, -0.15) is 0 Å². The first-order chi connectivity index (χ1) is 10.6. The minimum Gasteiger partial charge on any atom is -0.459 e. The Morgan fingerprint density at radius 1 is 1.32 bits per heavy atom. The van der Waals surface area contributed by atoms with Gasteiger partial charge in [-0.25, -0.2) is 0 Å². The Morgan fingerprint density at radius 3 is 2.95 bits per heavy atom. The van der Waals surface area contributed by atoms with Gasteiger partial charge in [-0.05, 0) is 38.4 Å². The maximum Gasteiger partial charge on any atom is 0.287 e. The van der Waals surface area contributed by atoms with Gasteiger partial charge in [-0.1, -0.05) is 6.42 Å². The van der Waals surface area contributed by atoms with E-state index in [2.05, 4.69) is 10.2 Å². The number of fused-ring (bicyclic) bond motifs is 1. The molecule has 1 N–H and O–H groups in total. The van der Waals surface area contributed by atoms with E-state index in [1.54, 1.807) is 19.1 Å². The second-order valence-corrected chi connectivity index (χ2v) is 6.14. The minimum atomic E-state index is -0.534. The van der Waals surface area contributed by atoms with Crippen LogP contribution in [0.15, 0.2) is 22.8 Å². The van der Waals surface area contributed by atoms with Crippen molar-refractivity contribution in [2.75, 3.05) is 26.2 Å². The summed E-state index contributed by atoms with van der Waals surface area (Å²) in [5, 5.41) is 2.71. The third-order valence-electron chi connectivity index (χ3n) is 4.61. The van der Waals surface area contributed by atoms with Gasteiger partial charge in [-0.3, -0.25) is 14.5 Å². The molecule has 120 valence electrons. The minimum absolute atomic E-state index is 0.00914. The maximum atomic E-state index is 12.5. The second kappa shape index (κ2) is 6.52.